The van der Waals surface area contributed by atoms with Crippen LogP contribution in [0.2, 0.25) is 0 Å². The van der Waals surface area contributed by atoms with E-state index >= 15 is 0 Å². The zero-order chi connectivity index (χ0) is 14.9. The number of hydrogen-bond donors (Lipinski definition) is 2. The zero-order valence-corrected chi connectivity index (χ0v) is 11.8. The lowest BCUT2D eigenvalue weighted by Crippen LogP contribution is -2.28. The second-order valence-corrected chi connectivity index (χ2v) is 5.41. The smallest absolute Gasteiger partial charge is 0.316 e. The number of hydrogen-bond acceptors (Lipinski definition) is 4. The first-order valence-corrected chi connectivity index (χ1v) is 6.52. The van der Waals surface area contributed by atoms with E-state index in [1.54, 1.807) is 24.3 Å². The van der Waals surface area contributed by atoms with Crippen LogP contribution in [0, 0.1) is 5.41 Å². The molecular weight excluding hydrogens is 256 g/mol. The number of aromatic hydroxyl groups is 2. The fraction of sp³-hybridized carbons (Fsp3) is 0.312. The Kier molecular flexibility index (Phi) is 3.57. The number of benzene rings is 2. The first-order valence-electron chi connectivity index (χ1n) is 6.52. The van der Waals surface area contributed by atoms with Gasteiger partial charge in [-0.1, -0.05) is 19.1 Å². The molecule has 4 nitrogen and oxygen atoms in total. The van der Waals surface area contributed by atoms with Gasteiger partial charge in [0.2, 0.25) is 0 Å². The highest BCUT2D eigenvalue weighted by molar-refractivity contribution is 5.96. The molecule has 2 aromatic carbocycles. The number of phenolic OH excluding ortho intramolecular Hbond substituents is 2. The second kappa shape index (κ2) is 5.04. The minimum Gasteiger partial charge on any atom is -0.504 e. The lowest BCUT2D eigenvalue weighted by molar-refractivity contribution is -0.144. The van der Waals surface area contributed by atoms with Crippen molar-refractivity contribution < 1.29 is 19.7 Å². The van der Waals surface area contributed by atoms with E-state index in [0.29, 0.717) is 22.9 Å². The molecule has 0 aliphatic carbocycles. The summed E-state index contributed by atoms with van der Waals surface area (Å²) in [4.78, 5) is 12.1. The summed E-state index contributed by atoms with van der Waals surface area (Å²) >= 11 is 0. The normalized spacial score (nSPS) is 11.6. The van der Waals surface area contributed by atoms with Crippen molar-refractivity contribution in [3.8, 4) is 17.2 Å². The van der Waals surface area contributed by atoms with E-state index in [1.807, 2.05) is 20.8 Å². The molecule has 0 amide bonds. The van der Waals surface area contributed by atoms with Crippen LogP contribution < -0.4 is 4.74 Å². The number of carbonyl (C=O) groups is 1. The van der Waals surface area contributed by atoms with Crippen LogP contribution >= 0.6 is 0 Å². The minimum atomic E-state index is -0.568. The van der Waals surface area contributed by atoms with E-state index in [2.05, 4.69) is 0 Å². The quantitative estimate of drug-likeness (QED) is 0.510. The van der Waals surface area contributed by atoms with Crippen molar-refractivity contribution in [3.63, 3.8) is 0 Å². The van der Waals surface area contributed by atoms with Crippen molar-refractivity contribution in [2.24, 2.45) is 5.41 Å². The molecule has 0 saturated heterocycles. The molecule has 0 spiro atoms. The molecule has 0 aliphatic heterocycles. The van der Waals surface area contributed by atoms with Crippen LogP contribution in [0.15, 0.2) is 30.3 Å². The molecular formula is C16H18O4. The third-order valence-corrected chi connectivity index (χ3v) is 3.61. The van der Waals surface area contributed by atoms with Gasteiger partial charge in [-0.2, -0.15) is 0 Å². The standard InChI is InChI=1S/C16H18O4/c1-4-16(2,3)15(19)20-13-7-5-6-11-10(13)8-9-12(17)14(11)18/h5-9,17-18H,4H2,1-3H3. The Bertz CT molecular complexity index is 659. The van der Waals surface area contributed by atoms with Crippen LogP contribution in [-0.2, 0) is 4.79 Å². The van der Waals surface area contributed by atoms with Gasteiger partial charge in [0.15, 0.2) is 11.5 Å². The third-order valence-electron chi connectivity index (χ3n) is 3.61. The van der Waals surface area contributed by atoms with Gasteiger partial charge in [0.25, 0.3) is 0 Å². The average Bonchev–Trinajstić information content (AvgIpc) is 2.43. The molecule has 20 heavy (non-hydrogen) atoms. The summed E-state index contributed by atoms with van der Waals surface area (Å²) in [5.41, 5.74) is -0.568. The largest absolute Gasteiger partial charge is 0.504 e. The fourth-order valence-electron chi connectivity index (χ4n) is 1.77. The molecule has 0 saturated carbocycles. The molecule has 0 unspecified atom stereocenters. The topological polar surface area (TPSA) is 66.8 Å². The predicted octanol–water partition coefficient (Wildman–Crippen LogP) is 3.59. The van der Waals surface area contributed by atoms with Gasteiger partial charge in [-0.05, 0) is 38.5 Å². The van der Waals surface area contributed by atoms with Crippen molar-refractivity contribution in [2.45, 2.75) is 27.2 Å². The maximum atomic E-state index is 12.1. The van der Waals surface area contributed by atoms with E-state index in [-0.39, 0.29) is 17.5 Å². The first kappa shape index (κ1) is 14.2. The summed E-state index contributed by atoms with van der Waals surface area (Å²) in [5, 5.41) is 20.4. The van der Waals surface area contributed by atoms with Crippen LogP contribution in [0.1, 0.15) is 27.2 Å². The Labute approximate surface area is 117 Å². The van der Waals surface area contributed by atoms with E-state index in [1.165, 1.54) is 6.07 Å². The summed E-state index contributed by atoms with van der Waals surface area (Å²) in [6, 6.07) is 7.99. The van der Waals surface area contributed by atoms with Gasteiger partial charge in [-0.3, -0.25) is 4.79 Å². The number of fused-ring (bicyclic) bond motifs is 1. The summed E-state index contributed by atoms with van der Waals surface area (Å²) < 4.78 is 5.45. The van der Waals surface area contributed by atoms with Crippen molar-refractivity contribution in [3.05, 3.63) is 30.3 Å². The molecule has 106 valence electrons. The number of esters is 1. The predicted molar refractivity (Wildman–Crippen MR) is 77.0 cm³/mol. The number of carbonyl (C=O) groups excluding carboxylic acids is 1. The minimum absolute atomic E-state index is 0.199. The molecule has 0 bridgehead atoms. The van der Waals surface area contributed by atoms with Gasteiger partial charge in [0, 0.05) is 10.8 Å². The van der Waals surface area contributed by atoms with Crippen molar-refractivity contribution in [1.82, 2.24) is 0 Å². The van der Waals surface area contributed by atoms with E-state index in [4.69, 9.17) is 4.74 Å². The number of ether oxygens (including phenoxy) is 1. The fourth-order valence-corrected chi connectivity index (χ4v) is 1.77. The Hall–Kier alpha value is -2.23. The van der Waals surface area contributed by atoms with Gasteiger partial charge in [0.05, 0.1) is 5.41 Å². The lowest BCUT2D eigenvalue weighted by atomic mass is 9.90. The van der Waals surface area contributed by atoms with Gasteiger partial charge < -0.3 is 14.9 Å². The highest BCUT2D eigenvalue weighted by Gasteiger charge is 2.28. The number of phenols is 2. The molecule has 2 N–H and O–H groups in total. The Morgan fingerprint density at radius 1 is 1.15 bits per heavy atom. The van der Waals surface area contributed by atoms with Gasteiger partial charge in [0.1, 0.15) is 5.75 Å². The molecule has 0 aliphatic rings. The van der Waals surface area contributed by atoms with E-state index in [0.717, 1.165) is 0 Å². The van der Waals surface area contributed by atoms with Crippen molar-refractivity contribution >= 4 is 16.7 Å². The molecule has 0 atom stereocenters. The van der Waals surface area contributed by atoms with Crippen LogP contribution in [0.4, 0.5) is 0 Å². The van der Waals surface area contributed by atoms with Crippen molar-refractivity contribution in [1.29, 1.82) is 0 Å². The Morgan fingerprint density at radius 3 is 2.50 bits per heavy atom. The van der Waals surface area contributed by atoms with Crippen LogP contribution in [0.5, 0.6) is 17.2 Å². The van der Waals surface area contributed by atoms with Crippen molar-refractivity contribution in [2.75, 3.05) is 0 Å². The maximum Gasteiger partial charge on any atom is 0.316 e. The monoisotopic (exact) mass is 274 g/mol. The Balaban J connectivity index is 2.46. The molecule has 2 aromatic rings. The van der Waals surface area contributed by atoms with E-state index < -0.39 is 5.41 Å². The second-order valence-electron chi connectivity index (χ2n) is 5.41. The SMILES string of the molecule is CCC(C)(C)C(=O)Oc1cccc2c(O)c(O)ccc12. The average molecular weight is 274 g/mol. The van der Waals surface area contributed by atoms with E-state index in [9.17, 15) is 15.0 Å². The molecule has 0 fully saturated rings. The Morgan fingerprint density at radius 2 is 1.85 bits per heavy atom. The van der Waals surface area contributed by atoms with Gasteiger partial charge in [-0.15, -0.1) is 0 Å². The van der Waals surface area contributed by atoms with Crippen LogP contribution in [-0.4, -0.2) is 16.2 Å². The first-order chi connectivity index (χ1) is 9.36. The third kappa shape index (κ3) is 2.41. The van der Waals surface area contributed by atoms with Crippen LogP contribution in [0.25, 0.3) is 10.8 Å². The molecule has 2 rings (SSSR count). The summed E-state index contributed by atoms with van der Waals surface area (Å²) in [5.74, 6) is -0.352. The molecule has 4 heteroatoms. The summed E-state index contributed by atoms with van der Waals surface area (Å²) in [7, 11) is 0. The summed E-state index contributed by atoms with van der Waals surface area (Å²) in [6.07, 6.45) is 0.669. The highest BCUT2D eigenvalue weighted by atomic mass is 16.5. The molecule has 0 aromatic heterocycles. The van der Waals surface area contributed by atoms with Gasteiger partial charge in [-0.25, -0.2) is 0 Å². The number of rotatable bonds is 3. The summed E-state index contributed by atoms with van der Waals surface area (Å²) in [6.45, 7) is 5.57. The maximum absolute atomic E-state index is 12.1. The lowest BCUT2D eigenvalue weighted by Gasteiger charge is -2.20. The molecule has 0 heterocycles. The highest BCUT2D eigenvalue weighted by Crippen LogP contribution is 2.38. The van der Waals surface area contributed by atoms with Crippen LogP contribution in [0.3, 0.4) is 0 Å². The zero-order valence-electron chi connectivity index (χ0n) is 11.8. The van der Waals surface area contributed by atoms with Gasteiger partial charge >= 0.3 is 5.97 Å². The molecule has 0 radical (unpaired) electrons.